The van der Waals surface area contributed by atoms with Gasteiger partial charge in [0.2, 0.25) is 5.91 Å². The molecule has 0 heterocycles. The zero-order chi connectivity index (χ0) is 13.0. The lowest BCUT2D eigenvalue weighted by Crippen LogP contribution is -2.40. The Labute approximate surface area is 107 Å². The predicted molar refractivity (Wildman–Crippen MR) is 72.2 cm³/mol. The molecule has 0 rings (SSSR count). The van der Waals surface area contributed by atoms with Gasteiger partial charge in [-0.2, -0.15) is 0 Å². The zero-order valence-electron chi connectivity index (χ0n) is 10.6. The minimum atomic E-state index is -0.305. The number of primary amides is 1. The number of carbonyl (C=O) groups excluding carboxylic acids is 1. The summed E-state index contributed by atoms with van der Waals surface area (Å²) in [4.78, 5) is 11.0. The highest BCUT2D eigenvalue weighted by Crippen LogP contribution is 2.43. The fourth-order valence-corrected chi connectivity index (χ4v) is 2.65. The van der Waals surface area contributed by atoms with Crippen molar-refractivity contribution >= 4 is 21.8 Å². The van der Waals surface area contributed by atoms with E-state index in [0.29, 0.717) is 6.42 Å². The Morgan fingerprint density at radius 2 is 2.00 bits per heavy atom. The minimum absolute atomic E-state index is 0.0288. The molecule has 0 aliphatic rings. The summed E-state index contributed by atoms with van der Waals surface area (Å²) in [5.41, 5.74) is 5.25. The molecule has 0 saturated heterocycles. The Kier molecular flexibility index (Phi) is 5.55. The maximum absolute atomic E-state index is 11.3. The van der Waals surface area contributed by atoms with Gasteiger partial charge in [0, 0.05) is 6.42 Å². The molecule has 0 aromatic rings. The van der Waals surface area contributed by atoms with Crippen LogP contribution in [0.2, 0.25) is 0 Å². The lowest BCUT2D eigenvalue weighted by molar-refractivity contribution is -0.119. The number of hydrogen-bond acceptors (Lipinski definition) is 1. The van der Waals surface area contributed by atoms with Gasteiger partial charge in [0.15, 0.2) is 0 Å². The summed E-state index contributed by atoms with van der Waals surface area (Å²) in [6.07, 6.45) is 7.83. The molecule has 2 nitrogen and oxygen atoms in total. The number of alkyl halides is 1. The highest BCUT2D eigenvalue weighted by Gasteiger charge is 2.38. The molecule has 2 atom stereocenters. The van der Waals surface area contributed by atoms with Crippen LogP contribution < -0.4 is 5.73 Å². The van der Waals surface area contributed by atoms with Crippen molar-refractivity contribution in [2.45, 2.75) is 51.8 Å². The van der Waals surface area contributed by atoms with Crippen LogP contribution in [0, 0.1) is 23.2 Å². The molecule has 0 bridgehead atoms. The van der Waals surface area contributed by atoms with E-state index in [2.05, 4.69) is 49.5 Å². The second-order valence-corrected chi connectivity index (χ2v) is 6.41. The average molecular weight is 288 g/mol. The molecule has 0 aromatic heterocycles. The first kappa shape index (κ1) is 15.5. The molecule has 2 unspecified atom stereocenters. The van der Waals surface area contributed by atoms with E-state index < -0.39 is 0 Å². The minimum Gasteiger partial charge on any atom is -0.369 e. The van der Waals surface area contributed by atoms with Crippen molar-refractivity contribution in [2.75, 3.05) is 0 Å². The Balaban J connectivity index is 4.86. The van der Waals surface area contributed by atoms with Gasteiger partial charge in [0.05, 0.1) is 4.83 Å². The summed E-state index contributed by atoms with van der Waals surface area (Å²) >= 11 is 3.40. The molecule has 0 saturated carbocycles. The molecular weight excluding hydrogens is 266 g/mol. The number of rotatable bonds is 6. The van der Waals surface area contributed by atoms with Crippen LogP contribution in [-0.2, 0) is 4.79 Å². The molecule has 16 heavy (non-hydrogen) atoms. The van der Waals surface area contributed by atoms with Crippen molar-refractivity contribution in [3.8, 4) is 12.3 Å². The number of hydrogen-bond donors (Lipinski definition) is 1. The van der Waals surface area contributed by atoms with E-state index in [1.54, 1.807) is 0 Å². The van der Waals surface area contributed by atoms with Gasteiger partial charge in [0.25, 0.3) is 0 Å². The van der Waals surface area contributed by atoms with Crippen LogP contribution in [0.1, 0.15) is 47.0 Å². The fraction of sp³-hybridized carbons (Fsp3) is 0.769. The van der Waals surface area contributed by atoms with Crippen LogP contribution in [-0.4, -0.2) is 10.7 Å². The highest BCUT2D eigenvalue weighted by atomic mass is 79.9. The second-order valence-electron chi connectivity index (χ2n) is 5.49. The van der Waals surface area contributed by atoms with E-state index in [-0.39, 0.29) is 21.6 Å². The fourth-order valence-electron chi connectivity index (χ4n) is 2.17. The molecule has 0 aliphatic heterocycles. The Bertz CT molecular complexity index is 293. The molecule has 1 amide bonds. The van der Waals surface area contributed by atoms with Crippen LogP contribution >= 0.6 is 15.9 Å². The second kappa shape index (κ2) is 5.72. The topological polar surface area (TPSA) is 43.1 Å². The number of terminal acetylenes is 1. The van der Waals surface area contributed by atoms with Gasteiger partial charge in [-0.15, -0.1) is 12.3 Å². The standard InChI is InChI=1S/C13H22BrNO/c1-6-8-12(3,4)9-13(5,7-2)10(14)11(15)16/h1,10H,7-9H2,2-5H3,(H2,15,16). The normalized spacial score (nSPS) is 17.2. The molecular formula is C13H22BrNO. The van der Waals surface area contributed by atoms with Gasteiger partial charge in [0.1, 0.15) is 0 Å². The Morgan fingerprint density at radius 3 is 2.31 bits per heavy atom. The molecule has 0 spiro atoms. The Hall–Kier alpha value is -0.490. The lowest BCUT2D eigenvalue weighted by atomic mass is 9.69. The monoisotopic (exact) mass is 287 g/mol. The van der Waals surface area contributed by atoms with Gasteiger partial charge in [-0.05, 0) is 23.7 Å². The van der Waals surface area contributed by atoms with Crippen LogP contribution in [0.5, 0.6) is 0 Å². The van der Waals surface area contributed by atoms with Crippen LogP contribution in [0.3, 0.4) is 0 Å². The maximum Gasteiger partial charge on any atom is 0.231 e. The third-order valence-corrected chi connectivity index (χ3v) is 4.69. The van der Waals surface area contributed by atoms with E-state index in [9.17, 15) is 4.79 Å². The highest BCUT2D eigenvalue weighted by molar-refractivity contribution is 9.10. The van der Waals surface area contributed by atoms with Gasteiger partial charge < -0.3 is 5.73 Å². The largest absolute Gasteiger partial charge is 0.369 e. The quantitative estimate of drug-likeness (QED) is 0.592. The summed E-state index contributed by atoms with van der Waals surface area (Å²) < 4.78 is 0. The summed E-state index contributed by atoms with van der Waals surface area (Å²) in [7, 11) is 0. The first-order valence-electron chi connectivity index (χ1n) is 5.55. The molecule has 2 N–H and O–H groups in total. The number of nitrogens with two attached hydrogens (primary N) is 1. The molecule has 3 heteroatoms. The van der Waals surface area contributed by atoms with E-state index in [4.69, 9.17) is 12.2 Å². The first-order valence-corrected chi connectivity index (χ1v) is 6.47. The number of amides is 1. The molecule has 0 radical (unpaired) electrons. The smallest absolute Gasteiger partial charge is 0.231 e. The van der Waals surface area contributed by atoms with Crippen molar-refractivity contribution in [3.05, 3.63) is 0 Å². The van der Waals surface area contributed by atoms with Crippen molar-refractivity contribution in [1.82, 2.24) is 0 Å². The summed E-state index contributed by atoms with van der Waals surface area (Å²) in [6, 6.07) is 0. The number of carbonyl (C=O) groups is 1. The van der Waals surface area contributed by atoms with Gasteiger partial charge in [-0.1, -0.05) is 43.6 Å². The first-order chi connectivity index (χ1) is 7.18. The molecule has 0 fully saturated rings. The van der Waals surface area contributed by atoms with Crippen molar-refractivity contribution in [3.63, 3.8) is 0 Å². The van der Waals surface area contributed by atoms with Gasteiger partial charge in [-0.25, -0.2) is 0 Å². The SMILES string of the molecule is C#CCC(C)(C)CC(C)(CC)C(Br)C(N)=O. The van der Waals surface area contributed by atoms with E-state index in [0.717, 1.165) is 12.8 Å². The summed E-state index contributed by atoms with van der Waals surface area (Å²) in [5.74, 6) is 2.39. The van der Waals surface area contributed by atoms with Crippen LogP contribution in [0.15, 0.2) is 0 Å². The van der Waals surface area contributed by atoms with E-state index >= 15 is 0 Å². The lowest BCUT2D eigenvalue weighted by Gasteiger charge is -2.38. The third-order valence-electron chi connectivity index (χ3n) is 3.13. The van der Waals surface area contributed by atoms with E-state index in [1.165, 1.54) is 0 Å². The summed E-state index contributed by atoms with van der Waals surface area (Å²) in [5, 5.41) is 0. The van der Waals surface area contributed by atoms with Gasteiger partial charge >= 0.3 is 0 Å². The number of halogens is 1. The average Bonchev–Trinajstić information content (AvgIpc) is 2.15. The third kappa shape index (κ3) is 4.17. The zero-order valence-corrected chi connectivity index (χ0v) is 12.2. The predicted octanol–water partition coefficient (Wildman–Crippen LogP) is 3.09. The van der Waals surface area contributed by atoms with Gasteiger partial charge in [-0.3, -0.25) is 4.79 Å². The summed E-state index contributed by atoms with van der Waals surface area (Å²) in [6.45, 7) is 8.40. The Morgan fingerprint density at radius 1 is 1.50 bits per heavy atom. The van der Waals surface area contributed by atoms with E-state index in [1.807, 2.05) is 0 Å². The maximum atomic E-state index is 11.3. The van der Waals surface area contributed by atoms with Crippen molar-refractivity contribution < 1.29 is 4.79 Å². The van der Waals surface area contributed by atoms with Crippen LogP contribution in [0.25, 0.3) is 0 Å². The molecule has 0 aromatic carbocycles. The van der Waals surface area contributed by atoms with Crippen molar-refractivity contribution in [1.29, 1.82) is 0 Å². The van der Waals surface area contributed by atoms with Crippen LogP contribution in [0.4, 0.5) is 0 Å². The molecule has 0 aliphatic carbocycles. The molecule has 92 valence electrons. The van der Waals surface area contributed by atoms with Crippen molar-refractivity contribution in [2.24, 2.45) is 16.6 Å².